The van der Waals surface area contributed by atoms with E-state index >= 15 is 0 Å². The maximum Gasteiger partial charge on any atom is 0.212 e. The smallest absolute Gasteiger partial charge is 0.212 e. The van der Waals surface area contributed by atoms with E-state index in [4.69, 9.17) is 11.6 Å². The zero-order valence-corrected chi connectivity index (χ0v) is 13.2. The molecule has 0 aromatic carbocycles. The number of sulfonamides is 1. The molecular formula is C14H26ClNO2S. The molecule has 1 N–H and O–H groups in total. The molecule has 2 rings (SSSR count). The first kappa shape index (κ1) is 15.6. The van der Waals surface area contributed by atoms with Crippen LogP contribution in [0.15, 0.2) is 0 Å². The van der Waals surface area contributed by atoms with Crippen molar-refractivity contribution in [3.63, 3.8) is 0 Å². The van der Waals surface area contributed by atoms with Gasteiger partial charge in [0.05, 0.1) is 5.75 Å². The summed E-state index contributed by atoms with van der Waals surface area (Å²) in [5, 5.41) is 0. The third-order valence-electron chi connectivity index (χ3n) is 4.62. The summed E-state index contributed by atoms with van der Waals surface area (Å²) in [6.45, 7) is 0. The second kappa shape index (κ2) is 6.77. The topological polar surface area (TPSA) is 46.2 Å². The molecule has 2 aliphatic rings. The summed E-state index contributed by atoms with van der Waals surface area (Å²) in [5.41, 5.74) is -0.368. The average Bonchev–Trinajstić information content (AvgIpc) is 2.40. The van der Waals surface area contributed by atoms with Crippen molar-refractivity contribution in [1.82, 2.24) is 4.72 Å². The van der Waals surface area contributed by atoms with E-state index in [1.54, 1.807) is 0 Å². The molecule has 0 heterocycles. The Bertz CT molecular complexity index is 371. The van der Waals surface area contributed by atoms with Crippen molar-refractivity contribution in [3.05, 3.63) is 0 Å². The van der Waals surface area contributed by atoms with Crippen LogP contribution in [-0.4, -0.2) is 25.6 Å². The van der Waals surface area contributed by atoms with Gasteiger partial charge >= 0.3 is 0 Å². The van der Waals surface area contributed by atoms with Crippen LogP contribution in [0.1, 0.15) is 64.2 Å². The third kappa shape index (κ3) is 4.61. The predicted molar refractivity (Wildman–Crippen MR) is 80.0 cm³/mol. The first-order valence-corrected chi connectivity index (χ1v) is 9.82. The Morgan fingerprint density at radius 1 is 1.00 bits per heavy atom. The average molecular weight is 308 g/mol. The Labute approximate surface area is 122 Å². The molecule has 0 radical (unpaired) electrons. The van der Waals surface area contributed by atoms with E-state index in [0.29, 0.717) is 17.6 Å². The highest BCUT2D eigenvalue weighted by Gasteiger charge is 2.36. The van der Waals surface area contributed by atoms with Gasteiger partial charge in [0.15, 0.2) is 0 Å². The van der Waals surface area contributed by atoms with E-state index in [1.165, 1.54) is 25.7 Å². The van der Waals surface area contributed by atoms with Crippen LogP contribution in [0.2, 0.25) is 0 Å². The summed E-state index contributed by atoms with van der Waals surface area (Å²) in [6, 6.07) is 0. The van der Waals surface area contributed by atoms with Crippen LogP contribution in [0.4, 0.5) is 0 Å². The predicted octanol–water partition coefficient (Wildman–Crippen LogP) is 3.43. The summed E-state index contributed by atoms with van der Waals surface area (Å²) in [5.74, 6) is 1.05. The van der Waals surface area contributed by atoms with E-state index in [9.17, 15) is 8.42 Å². The summed E-state index contributed by atoms with van der Waals surface area (Å²) in [7, 11) is -3.19. The third-order valence-corrected chi connectivity index (χ3v) is 6.78. The number of alkyl halides is 1. The zero-order chi connectivity index (χ0) is 13.8. The lowest BCUT2D eigenvalue weighted by molar-refractivity contribution is 0.296. The van der Waals surface area contributed by atoms with Gasteiger partial charge in [-0.1, -0.05) is 38.5 Å². The van der Waals surface area contributed by atoms with Crippen LogP contribution in [-0.2, 0) is 10.0 Å². The number of hydrogen-bond acceptors (Lipinski definition) is 2. The minimum absolute atomic E-state index is 0.297. The Morgan fingerprint density at radius 3 is 2.16 bits per heavy atom. The van der Waals surface area contributed by atoms with Crippen LogP contribution >= 0.6 is 11.6 Å². The highest BCUT2D eigenvalue weighted by Crippen LogP contribution is 2.31. The quantitative estimate of drug-likeness (QED) is 0.791. The SMILES string of the molecule is O=S(=O)(CC1CCCCC1)NC1(CCl)CCCCC1. The van der Waals surface area contributed by atoms with Gasteiger partial charge in [0, 0.05) is 11.4 Å². The number of rotatable bonds is 5. The Balaban J connectivity index is 1.94. The molecule has 0 amide bonds. The highest BCUT2D eigenvalue weighted by atomic mass is 35.5. The fraction of sp³-hybridized carbons (Fsp3) is 1.00. The molecule has 0 unspecified atom stereocenters. The molecular weight excluding hydrogens is 282 g/mol. The van der Waals surface area contributed by atoms with Crippen LogP contribution in [0.5, 0.6) is 0 Å². The van der Waals surface area contributed by atoms with E-state index in [1.807, 2.05) is 0 Å². The largest absolute Gasteiger partial charge is 0.212 e. The van der Waals surface area contributed by atoms with Crippen LogP contribution < -0.4 is 4.72 Å². The number of halogens is 1. The van der Waals surface area contributed by atoms with Gasteiger partial charge in [-0.2, -0.15) is 0 Å². The monoisotopic (exact) mass is 307 g/mol. The first-order chi connectivity index (χ1) is 9.05. The first-order valence-electron chi connectivity index (χ1n) is 7.63. The molecule has 0 saturated heterocycles. The lowest BCUT2D eigenvalue weighted by Gasteiger charge is -2.36. The summed E-state index contributed by atoms with van der Waals surface area (Å²) >= 11 is 6.06. The fourth-order valence-electron chi connectivity index (χ4n) is 3.53. The lowest BCUT2D eigenvalue weighted by Crippen LogP contribution is -2.52. The highest BCUT2D eigenvalue weighted by molar-refractivity contribution is 7.89. The molecule has 2 saturated carbocycles. The van der Waals surface area contributed by atoms with E-state index < -0.39 is 10.0 Å². The van der Waals surface area contributed by atoms with Crippen LogP contribution in [0.3, 0.4) is 0 Å². The van der Waals surface area contributed by atoms with Gasteiger partial charge < -0.3 is 0 Å². The van der Waals surface area contributed by atoms with Crippen molar-refractivity contribution in [1.29, 1.82) is 0 Å². The molecule has 112 valence electrons. The Morgan fingerprint density at radius 2 is 1.58 bits per heavy atom. The van der Waals surface area contributed by atoms with Gasteiger partial charge in [-0.15, -0.1) is 11.6 Å². The summed E-state index contributed by atoms with van der Waals surface area (Å²) in [4.78, 5) is 0. The molecule has 19 heavy (non-hydrogen) atoms. The second-order valence-electron chi connectivity index (χ2n) is 6.36. The van der Waals surface area contributed by atoms with Crippen molar-refractivity contribution in [2.45, 2.75) is 69.7 Å². The standard InChI is InChI=1S/C14H26ClNO2S/c15-12-14(9-5-2-6-10-14)16-19(17,18)11-13-7-3-1-4-8-13/h13,16H,1-12H2. The Hall–Kier alpha value is 0.200. The normalized spacial score (nSPS) is 25.3. The molecule has 0 bridgehead atoms. The molecule has 0 aromatic heterocycles. The number of nitrogens with one attached hydrogen (secondary N) is 1. The van der Waals surface area contributed by atoms with Gasteiger partial charge in [0.2, 0.25) is 10.0 Å². The van der Waals surface area contributed by atoms with Crippen molar-refractivity contribution in [2.24, 2.45) is 5.92 Å². The van der Waals surface area contributed by atoms with E-state index in [2.05, 4.69) is 4.72 Å². The summed E-state index contributed by atoms with van der Waals surface area (Å²) < 4.78 is 27.7. The van der Waals surface area contributed by atoms with Crippen molar-refractivity contribution >= 4 is 21.6 Å². The molecule has 3 nitrogen and oxygen atoms in total. The van der Waals surface area contributed by atoms with Gasteiger partial charge in [-0.3, -0.25) is 0 Å². The molecule has 2 aliphatic carbocycles. The maximum absolute atomic E-state index is 12.4. The second-order valence-corrected chi connectivity index (χ2v) is 8.40. The van der Waals surface area contributed by atoms with Gasteiger partial charge in [-0.05, 0) is 31.6 Å². The van der Waals surface area contributed by atoms with E-state index in [0.717, 1.165) is 38.5 Å². The van der Waals surface area contributed by atoms with Crippen LogP contribution in [0.25, 0.3) is 0 Å². The van der Waals surface area contributed by atoms with Crippen molar-refractivity contribution in [2.75, 3.05) is 11.6 Å². The molecule has 5 heteroatoms. The minimum atomic E-state index is -3.19. The molecule has 0 spiro atoms. The number of hydrogen-bond donors (Lipinski definition) is 1. The maximum atomic E-state index is 12.4. The lowest BCUT2D eigenvalue weighted by atomic mass is 9.84. The van der Waals surface area contributed by atoms with Crippen LogP contribution in [0, 0.1) is 5.92 Å². The summed E-state index contributed by atoms with van der Waals surface area (Å²) in [6.07, 6.45) is 10.9. The molecule has 0 aromatic rings. The van der Waals surface area contributed by atoms with Gasteiger partial charge in [-0.25, -0.2) is 13.1 Å². The van der Waals surface area contributed by atoms with E-state index in [-0.39, 0.29) is 5.54 Å². The van der Waals surface area contributed by atoms with Crippen molar-refractivity contribution < 1.29 is 8.42 Å². The van der Waals surface area contributed by atoms with Gasteiger partial charge in [0.1, 0.15) is 0 Å². The Kier molecular flexibility index (Phi) is 5.55. The minimum Gasteiger partial charge on any atom is -0.212 e. The zero-order valence-electron chi connectivity index (χ0n) is 11.7. The molecule has 0 aliphatic heterocycles. The van der Waals surface area contributed by atoms with Gasteiger partial charge in [0.25, 0.3) is 0 Å². The molecule has 2 fully saturated rings. The fourth-order valence-corrected chi connectivity index (χ4v) is 5.91. The van der Waals surface area contributed by atoms with Crippen molar-refractivity contribution in [3.8, 4) is 0 Å². The molecule has 0 atom stereocenters.